The number of rotatable bonds is 6. The molecule has 0 unspecified atom stereocenters. The first-order valence-corrected chi connectivity index (χ1v) is 6.55. The molecule has 94 valence electrons. The predicted molar refractivity (Wildman–Crippen MR) is 70.1 cm³/mol. The SMILES string of the molecule is O=C(NCCOCCBr)c1ccc(Cl)cc1O. The third kappa shape index (κ3) is 4.93. The van der Waals surface area contributed by atoms with Crippen LogP contribution in [0.2, 0.25) is 5.02 Å². The Morgan fingerprint density at radius 1 is 1.47 bits per heavy atom. The molecule has 0 aliphatic carbocycles. The van der Waals surface area contributed by atoms with Gasteiger partial charge < -0.3 is 15.2 Å². The van der Waals surface area contributed by atoms with Gasteiger partial charge in [0.1, 0.15) is 5.75 Å². The molecule has 0 aliphatic rings. The zero-order valence-corrected chi connectivity index (χ0v) is 11.4. The Bertz CT molecular complexity index is 387. The van der Waals surface area contributed by atoms with E-state index in [0.717, 1.165) is 5.33 Å². The lowest BCUT2D eigenvalue weighted by Crippen LogP contribution is -2.27. The number of carbonyl (C=O) groups excluding carboxylic acids is 1. The van der Waals surface area contributed by atoms with Crippen LogP contribution >= 0.6 is 27.5 Å². The van der Waals surface area contributed by atoms with Gasteiger partial charge in [-0.05, 0) is 18.2 Å². The minimum atomic E-state index is -0.346. The summed E-state index contributed by atoms with van der Waals surface area (Å²) in [5.41, 5.74) is 0.204. The average Bonchev–Trinajstić information content (AvgIpc) is 2.28. The number of nitrogens with one attached hydrogen (secondary N) is 1. The van der Waals surface area contributed by atoms with Gasteiger partial charge in [0.15, 0.2) is 0 Å². The molecular weight excluding hydrogens is 309 g/mol. The molecule has 0 radical (unpaired) electrons. The van der Waals surface area contributed by atoms with E-state index < -0.39 is 0 Å². The molecule has 0 heterocycles. The van der Waals surface area contributed by atoms with Crippen molar-refractivity contribution in [2.24, 2.45) is 0 Å². The molecule has 0 aliphatic heterocycles. The van der Waals surface area contributed by atoms with Gasteiger partial charge in [-0.2, -0.15) is 0 Å². The van der Waals surface area contributed by atoms with E-state index >= 15 is 0 Å². The van der Waals surface area contributed by atoms with Crippen LogP contribution in [-0.2, 0) is 4.74 Å². The summed E-state index contributed by atoms with van der Waals surface area (Å²) in [7, 11) is 0. The van der Waals surface area contributed by atoms with Gasteiger partial charge in [-0.1, -0.05) is 27.5 Å². The van der Waals surface area contributed by atoms with E-state index in [-0.39, 0.29) is 17.2 Å². The molecule has 0 spiro atoms. The lowest BCUT2D eigenvalue weighted by atomic mass is 10.2. The number of amides is 1. The second-order valence-electron chi connectivity index (χ2n) is 3.22. The highest BCUT2D eigenvalue weighted by atomic mass is 79.9. The second-order valence-corrected chi connectivity index (χ2v) is 4.45. The summed E-state index contributed by atoms with van der Waals surface area (Å²) < 4.78 is 5.17. The Morgan fingerprint density at radius 2 is 2.24 bits per heavy atom. The van der Waals surface area contributed by atoms with Crippen LogP contribution < -0.4 is 5.32 Å². The van der Waals surface area contributed by atoms with Crippen LogP contribution in [0, 0.1) is 0 Å². The van der Waals surface area contributed by atoms with Crippen LogP contribution in [0.5, 0.6) is 5.75 Å². The second kappa shape index (κ2) is 7.53. The summed E-state index contributed by atoms with van der Waals surface area (Å²) in [4.78, 5) is 11.6. The van der Waals surface area contributed by atoms with E-state index in [2.05, 4.69) is 21.2 Å². The molecule has 0 saturated heterocycles. The topological polar surface area (TPSA) is 58.6 Å². The maximum atomic E-state index is 11.6. The van der Waals surface area contributed by atoms with Crippen LogP contribution in [-0.4, -0.2) is 36.1 Å². The van der Waals surface area contributed by atoms with E-state index in [4.69, 9.17) is 16.3 Å². The molecule has 1 rings (SSSR count). The standard InChI is InChI=1S/C11H13BrClNO3/c12-3-5-17-6-4-14-11(16)9-2-1-8(13)7-10(9)15/h1-2,7,15H,3-6H2,(H,14,16). The molecule has 1 aromatic carbocycles. The summed E-state index contributed by atoms with van der Waals surface area (Å²) in [6.45, 7) is 1.43. The normalized spacial score (nSPS) is 10.2. The molecule has 1 amide bonds. The van der Waals surface area contributed by atoms with Crippen molar-refractivity contribution in [3.63, 3.8) is 0 Å². The fourth-order valence-corrected chi connectivity index (χ4v) is 1.58. The van der Waals surface area contributed by atoms with Gasteiger partial charge in [0.05, 0.1) is 18.8 Å². The molecule has 0 bridgehead atoms. The van der Waals surface area contributed by atoms with Crippen LogP contribution in [0.4, 0.5) is 0 Å². The van der Waals surface area contributed by atoms with Crippen molar-refractivity contribution in [3.8, 4) is 5.75 Å². The predicted octanol–water partition coefficient (Wildman–Crippen LogP) is 2.19. The van der Waals surface area contributed by atoms with E-state index in [1.165, 1.54) is 12.1 Å². The summed E-state index contributed by atoms with van der Waals surface area (Å²) >= 11 is 8.89. The number of ether oxygens (including phenoxy) is 1. The number of phenolic OH excluding ortho intramolecular Hbond substituents is 1. The number of hydrogen-bond donors (Lipinski definition) is 2. The number of phenols is 1. The molecular formula is C11H13BrClNO3. The van der Waals surface area contributed by atoms with E-state index in [9.17, 15) is 9.90 Å². The van der Waals surface area contributed by atoms with Crippen molar-refractivity contribution in [2.75, 3.05) is 25.1 Å². The first kappa shape index (κ1) is 14.3. The molecule has 0 fully saturated rings. The van der Waals surface area contributed by atoms with Crippen LogP contribution in [0.1, 0.15) is 10.4 Å². The maximum Gasteiger partial charge on any atom is 0.255 e. The number of halogens is 2. The van der Waals surface area contributed by atoms with Crippen molar-refractivity contribution in [1.82, 2.24) is 5.32 Å². The van der Waals surface area contributed by atoms with Crippen molar-refractivity contribution < 1.29 is 14.6 Å². The molecule has 17 heavy (non-hydrogen) atoms. The third-order valence-electron chi connectivity index (χ3n) is 1.96. The zero-order chi connectivity index (χ0) is 12.7. The Balaban J connectivity index is 2.42. The monoisotopic (exact) mass is 321 g/mol. The summed E-state index contributed by atoms with van der Waals surface area (Å²) in [5, 5.41) is 13.3. The molecule has 2 N–H and O–H groups in total. The van der Waals surface area contributed by atoms with Crippen molar-refractivity contribution in [1.29, 1.82) is 0 Å². The fourth-order valence-electron chi connectivity index (χ4n) is 1.19. The highest BCUT2D eigenvalue weighted by molar-refractivity contribution is 9.09. The van der Waals surface area contributed by atoms with E-state index in [1.54, 1.807) is 6.07 Å². The van der Waals surface area contributed by atoms with Gasteiger partial charge in [-0.3, -0.25) is 4.79 Å². The number of aromatic hydroxyl groups is 1. The lowest BCUT2D eigenvalue weighted by molar-refractivity contribution is 0.0921. The quantitative estimate of drug-likeness (QED) is 0.623. The summed E-state index contributed by atoms with van der Waals surface area (Å²) in [5.74, 6) is -0.474. The first-order valence-electron chi connectivity index (χ1n) is 5.05. The van der Waals surface area contributed by atoms with Gasteiger partial charge in [-0.15, -0.1) is 0 Å². The molecule has 0 atom stereocenters. The molecule has 1 aromatic rings. The summed E-state index contributed by atoms with van der Waals surface area (Å²) in [6.07, 6.45) is 0. The third-order valence-corrected chi connectivity index (χ3v) is 2.52. The van der Waals surface area contributed by atoms with E-state index in [0.29, 0.717) is 24.8 Å². The fraction of sp³-hybridized carbons (Fsp3) is 0.364. The highest BCUT2D eigenvalue weighted by Crippen LogP contribution is 2.21. The number of carbonyl (C=O) groups is 1. The van der Waals surface area contributed by atoms with Crippen molar-refractivity contribution in [2.45, 2.75) is 0 Å². The Morgan fingerprint density at radius 3 is 2.88 bits per heavy atom. The van der Waals surface area contributed by atoms with Crippen molar-refractivity contribution >= 4 is 33.4 Å². The van der Waals surface area contributed by atoms with Crippen LogP contribution in [0.25, 0.3) is 0 Å². The van der Waals surface area contributed by atoms with Crippen molar-refractivity contribution in [3.05, 3.63) is 28.8 Å². The lowest BCUT2D eigenvalue weighted by Gasteiger charge is -2.07. The minimum absolute atomic E-state index is 0.128. The maximum absolute atomic E-state index is 11.6. The largest absolute Gasteiger partial charge is 0.507 e. The van der Waals surface area contributed by atoms with Crippen LogP contribution in [0.3, 0.4) is 0 Å². The highest BCUT2D eigenvalue weighted by Gasteiger charge is 2.10. The molecule has 4 nitrogen and oxygen atoms in total. The average molecular weight is 323 g/mol. The Kier molecular flexibility index (Phi) is 6.32. The minimum Gasteiger partial charge on any atom is -0.507 e. The Hall–Kier alpha value is -0.780. The first-order chi connectivity index (χ1) is 8.15. The number of hydrogen-bond acceptors (Lipinski definition) is 3. The molecule has 0 aromatic heterocycles. The zero-order valence-electron chi connectivity index (χ0n) is 9.08. The summed E-state index contributed by atoms with van der Waals surface area (Å²) in [6, 6.07) is 4.36. The molecule has 0 saturated carbocycles. The van der Waals surface area contributed by atoms with Gasteiger partial charge >= 0.3 is 0 Å². The van der Waals surface area contributed by atoms with Gasteiger partial charge in [0.25, 0.3) is 5.91 Å². The molecule has 6 heteroatoms. The van der Waals surface area contributed by atoms with Crippen LogP contribution in [0.15, 0.2) is 18.2 Å². The van der Waals surface area contributed by atoms with Gasteiger partial charge in [0.2, 0.25) is 0 Å². The van der Waals surface area contributed by atoms with Gasteiger partial charge in [0, 0.05) is 16.9 Å². The van der Waals surface area contributed by atoms with E-state index in [1.807, 2.05) is 0 Å². The number of benzene rings is 1. The smallest absolute Gasteiger partial charge is 0.255 e. The number of alkyl halides is 1. The Labute approximate surface area is 113 Å². The van der Waals surface area contributed by atoms with Gasteiger partial charge in [-0.25, -0.2) is 0 Å².